The molecule has 0 aromatic heterocycles. The zero-order valence-electron chi connectivity index (χ0n) is 9.66. The topological polar surface area (TPSA) is 83.5 Å². The van der Waals surface area contributed by atoms with E-state index in [9.17, 15) is 13.2 Å². The third-order valence-corrected chi connectivity index (χ3v) is 2.60. The highest BCUT2D eigenvalue weighted by molar-refractivity contribution is 8.13. The lowest BCUT2D eigenvalue weighted by molar-refractivity contribution is -0.123. The second-order valence-corrected chi connectivity index (χ2v) is 7.24. The van der Waals surface area contributed by atoms with Crippen LogP contribution in [0.3, 0.4) is 0 Å². The first-order chi connectivity index (χ1) is 7.08. The Labute approximate surface area is 101 Å². The lowest BCUT2D eigenvalue weighted by Gasteiger charge is -2.46. The molecule has 0 bridgehead atoms. The maximum absolute atomic E-state index is 10.7. The molecule has 1 rings (SSSR count). The fraction of sp³-hybridized carbons (Fsp3) is 0.889. The maximum atomic E-state index is 10.7. The minimum atomic E-state index is -3.19. The molecular formula is C9H18ClNO4S. The predicted octanol–water partition coefficient (Wildman–Crippen LogP) is 0.468. The Bertz CT molecular complexity index is 333. The first-order valence-electron chi connectivity index (χ1n) is 4.87. The van der Waals surface area contributed by atoms with Crippen LogP contribution in [0.1, 0.15) is 26.7 Å². The van der Waals surface area contributed by atoms with Crippen molar-refractivity contribution in [3.63, 3.8) is 0 Å². The standard InChI is InChI=1S/C8H15NO2.CH3ClO2S/c1-6(11)9-8(2)4-3-7(8)5-10;1-5(2,3)4/h7,10H,3-5H2,1-2H3,(H,9,11);1H3/t7?,8-;/m0./s1. The Morgan fingerprint density at radius 1 is 1.62 bits per heavy atom. The number of hydrogen-bond donors (Lipinski definition) is 2. The zero-order valence-corrected chi connectivity index (χ0v) is 11.2. The molecule has 16 heavy (non-hydrogen) atoms. The van der Waals surface area contributed by atoms with Crippen LogP contribution in [0.4, 0.5) is 0 Å². The van der Waals surface area contributed by atoms with Gasteiger partial charge in [0.2, 0.25) is 15.0 Å². The van der Waals surface area contributed by atoms with Gasteiger partial charge >= 0.3 is 0 Å². The SMILES string of the molecule is CC(=O)N[C@@]1(C)CCC1CO.CS(=O)(=O)Cl. The van der Waals surface area contributed by atoms with Crippen molar-refractivity contribution in [1.29, 1.82) is 0 Å². The molecule has 1 unspecified atom stereocenters. The second kappa shape index (κ2) is 5.84. The maximum Gasteiger partial charge on any atom is 0.229 e. The number of carbonyl (C=O) groups excluding carboxylic acids is 1. The molecule has 1 saturated carbocycles. The fourth-order valence-corrected chi connectivity index (χ4v) is 1.64. The summed E-state index contributed by atoms with van der Waals surface area (Å²) < 4.78 is 18.8. The normalized spacial score (nSPS) is 28.4. The van der Waals surface area contributed by atoms with E-state index in [4.69, 9.17) is 5.11 Å². The first-order valence-corrected chi connectivity index (χ1v) is 7.59. The summed E-state index contributed by atoms with van der Waals surface area (Å²) in [6.07, 6.45) is 2.93. The highest BCUT2D eigenvalue weighted by atomic mass is 35.7. The third-order valence-electron chi connectivity index (χ3n) is 2.60. The number of hydrogen-bond acceptors (Lipinski definition) is 4. The Kier molecular flexibility index (Phi) is 5.72. The Hall–Kier alpha value is -0.330. The van der Waals surface area contributed by atoms with Gasteiger partial charge in [0.15, 0.2) is 0 Å². The average Bonchev–Trinajstić information content (AvgIpc) is 1.98. The average molecular weight is 272 g/mol. The summed E-state index contributed by atoms with van der Waals surface area (Å²) in [5.74, 6) is 0.247. The van der Waals surface area contributed by atoms with Gasteiger partial charge in [0.25, 0.3) is 0 Å². The lowest BCUT2D eigenvalue weighted by atomic mass is 9.68. The van der Waals surface area contributed by atoms with Gasteiger partial charge < -0.3 is 10.4 Å². The van der Waals surface area contributed by atoms with Crippen molar-refractivity contribution >= 4 is 25.6 Å². The smallest absolute Gasteiger partial charge is 0.229 e. The van der Waals surface area contributed by atoms with E-state index < -0.39 is 9.05 Å². The van der Waals surface area contributed by atoms with Crippen LogP contribution in [0.15, 0.2) is 0 Å². The fourth-order valence-electron chi connectivity index (χ4n) is 1.64. The van der Waals surface area contributed by atoms with Gasteiger partial charge in [-0.1, -0.05) is 0 Å². The highest BCUT2D eigenvalue weighted by Gasteiger charge is 2.42. The third kappa shape index (κ3) is 6.30. The van der Waals surface area contributed by atoms with Gasteiger partial charge in [-0.25, -0.2) is 8.42 Å². The van der Waals surface area contributed by atoms with Gasteiger partial charge in [-0.05, 0) is 19.8 Å². The summed E-state index contributed by atoms with van der Waals surface area (Å²) in [5.41, 5.74) is -0.138. The zero-order chi connectivity index (χ0) is 13.0. The van der Waals surface area contributed by atoms with E-state index in [1.165, 1.54) is 6.92 Å². The van der Waals surface area contributed by atoms with Crippen molar-refractivity contribution < 1.29 is 18.3 Å². The molecule has 0 radical (unpaired) electrons. The summed E-state index contributed by atoms with van der Waals surface area (Å²) in [6, 6.07) is 0. The molecule has 1 aliphatic carbocycles. The second-order valence-electron chi connectivity index (χ2n) is 4.20. The Morgan fingerprint density at radius 2 is 2.06 bits per heavy atom. The van der Waals surface area contributed by atoms with E-state index in [0.717, 1.165) is 19.1 Å². The molecule has 0 heterocycles. The van der Waals surface area contributed by atoms with Crippen LogP contribution in [0.2, 0.25) is 0 Å². The molecule has 0 saturated heterocycles. The van der Waals surface area contributed by atoms with Crippen LogP contribution < -0.4 is 5.32 Å². The van der Waals surface area contributed by atoms with Gasteiger partial charge in [0.05, 0.1) is 6.26 Å². The highest BCUT2D eigenvalue weighted by Crippen LogP contribution is 2.37. The number of nitrogens with one attached hydrogen (secondary N) is 1. The van der Waals surface area contributed by atoms with E-state index in [1.54, 1.807) is 0 Å². The minimum absolute atomic E-state index is 0.00866. The molecule has 2 atom stereocenters. The van der Waals surface area contributed by atoms with E-state index in [0.29, 0.717) is 0 Å². The van der Waals surface area contributed by atoms with Crippen molar-refractivity contribution in [3.8, 4) is 0 Å². The van der Waals surface area contributed by atoms with E-state index in [1.807, 2.05) is 6.92 Å². The lowest BCUT2D eigenvalue weighted by Crippen LogP contribution is -2.58. The molecule has 0 aromatic rings. The van der Waals surface area contributed by atoms with Crippen molar-refractivity contribution in [1.82, 2.24) is 5.32 Å². The molecule has 96 valence electrons. The Morgan fingerprint density at radius 3 is 2.25 bits per heavy atom. The number of amides is 1. The van der Waals surface area contributed by atoms with E-state index in [-0.39, 0.29) is 24.0 Å². The summed E-state index contributed by atoms with van der Waals surface area (Å²) in [4.78, 5) is 10.7. The van der Waals surface area contributed by atoms with Gasteiger partial charge in [-0.3, -0.25) is 4.79 Å². The van der Waals surface area contributed by atoms with Crippen molar-refractivity contribution in [2.45, 2.75) is 32.2 Å². The number of carbonyl (C=O) groups is 1. The minimum Gasteiger partial charge on any atom is -0.396 e. The molecule has 5 nitrogen and oxygen atoms in total. The predicted molar refractivity (Wildman–Crippen MR) is 62.7 cm³/mol. The molecule has 2 N–H and O–H groups in total. The molecule has 0 aromatic carbocycles. The quantitative estimate of drug-likeness (QED) is 0.715. The molecule has 1 fully saturated rings. The summed E-state index contributed by atoms with van der Waals surface area (Å²) in [7, 11) is 1.31. The van der Waals surface area contributed by atoms with E-state index in [2.05, 4.69) is 16.0 Å². The van der Waals surface area contributed by atoms with Crippen LogP contribution in [0.5, 0.6) is 0 Å². The monoisotopic (exact) mass is 271 g/mol. The van der Waals surface area contributed by atoms with Gasteiger partial charge in [-0.2, -0.15) is 0 Å². The number of aliphatic hydroxyl groups is 1. The number of aliphatic hydroxyl groups excluding tert-OH is 1. The largest absolute Gasteiger partial charge is 0.396 e. The van der Waals surface area contributed by atoms with Gasteiger partial charge in [0, 0.05) is 35.7 Å². The molecule has 0 aliphatic heterocycles. The van der Waals surface area contributed by atoms with Gasteiger partial charge in [-0.15, -0.1) is 0 Å². The van der Waals surface area contributed by atoms with Crippen LogP contribution in [-0.2, 0) is 13.8 Å². The number of rotatable bonds is 2. The molecule has 7 heteroatoms. The van der Waals surface area contributed by atoms with E-state index >= 15 is 0 Å². The van der Waals surface area contributed by atoms with Crippen molar-refractivity contribution in [3.05, 3.63) is 0 Å². The molecule has 1 amide bonds. The number of halogens is 1. The molecule has 1 aliphatic rings. The molecular weight excluding hydrogens is 254 g/mol. The van der Waals surface area contributed by atoms with Gasteiger partial charge in [0.1, 0.15) is 0 Å². The Balaban J connectivity index is 0.000000385. The summed E-state index contributed by atoms with van der Waals surface area (Å²) >= 11 is 0. The van der Waals surface area contributed by atoms with Crippen LogP contribution in [0.25, 0.3) is 0 Å². The van der Waals surface area contributed by atoms with Crippen molar-refractivity contribution in [2.75, 3.05) is 12.9 Å². The van der Waals surface area contributed by atoms with Crippen LogP contribution in [-0.4, -0.2) is 37.8 Å². The molecule has 0 spiro atoms. The summed E-state index contributed by atoms with van der Waals surface area (Å²) in [5, 5.41) is 11.7. The first kappa shape index (κ1) is 15.7. The summed E-state index contributed by atoms with van der Waals surface area (Å²) in [6.45, 7) is 3.67. The van der Waals surface area contributed by atoms with Crippen LogP contribution in [0, 0.1) is 5.92 Å². The van der Waals surface area contributed by atoms with Crippen molar-refractivity contribution in [2.24, 2.45) is 5.92 Å². The van der Waals surface area contributed by atoms with Crippen LogP contribution >= 0.6 is 10.7 Å².